The average molecular weight is 520 g/mol. The Morgan fingerprint density at radius 3 is 2.24 bits per heavy atom. The van der Waals surface area contributed by atoms with Crippen LogP contribution in [-0.4, -0.2) is 77.0 Å². The summed E-state index contributed by atoms with van der Waals surface area (Å²) in [5.41, 5.74) is 1.88. The Balaban J connectivity index is 2.08. The van der Waals surface area contributed by atoms with Crippen molar-refractivity contribution >= 4 is 17.0 Å². The van der Waals surface area contributed by atoms with E-state index >= 15 is 0 Å². The largest absolute Gasteiger partial charge is 0.394 e. The molecular formula is C28H33N5O5. The Hall–Kier alpha value is -3.93. The van der Waals surface area contributed by atoms with Gasteiger partial charge in [-0.1, -0.05) is 87.1 Å². The van der Waals surface area contributed by atoms with Crippen LogP contribution in [0.5, 0.6) is 0 Å². The number of imidazole rings is 1. The summed E-state index contributed by atoms with van der Waals surface area (Å²) in [5.74, 6) is 0.303. The number of nitrogens with one attached hydrogen (secondary N) is 1. The SMILES string of the molecule is C=C/C=C\C(=C/C=C)[C@@H](Nc1ncnc2c1ncn2C1OC(CO)C(O)C1O)[C@@H](O)C(/C=C\C=C)=C/C=C. The van der Waals surface area contributed by atoms with Gasteiger partial charge in [-0.2, -0.15) is 0 Å². The molecule has 0 aliphatic carbocycles. The van der Waals surface area contributed by atoms with E-state index in [1.165, 1.54) is 17.2 Å². The number of hydrogen-bond donors (Lipinski definition) is 5. The molecule has 200 valence electrons. The number of nitrogens with zero attached hydrogens (tertiary/aromatic N) is 4. The zero-order valence-electron chi connectivity index (χ0n) is 20.9. The van der Waals surface area contributed by atoms with E-state index in [1.807, 2.05) is 0 Å². The second-order valence-corrected chi connectivity index (χ2v) is 8.34. The van der Waals surface area contributed by atoms with Crippen molar-refractivity contribution in [1.29, 1.82) is 0 Å². The second kappa shape index (κ2) is 13.6. The van der Waals surface area contributed by atoms with Gasteiger partial charge in [0.25, 0.3) is 0 Å². The molecule has 0 radical (unpaired) electrons. The number of rotatable bonds is 13. The zero-order chi connectivity index (χ0) is 27.7. The predicted molar refractivity (Wildman–Crippen MR) is 147 cm³/mol. The van der Waals surface area contributed by atoms with Crippen molar-refractivity contribution in [3.63, 3.8) is 0 Å². The molecule has 10 nitrogen and oxygen atoms in total. The van der Waals surface area contributed by atoms with Crippen LogP contribution < -0.4 is 5.32 Å². The minimum absolute atomic E-state index is 0.303. The quantitative estimate of drug-likeness (QED) is 0.252. The van der Waals surface area contributed by atoms with Gasteiger partial charge >= 0.3 is 0 Å². The van der Waals surface area contributed by atoms with Gasteiger partial charge in [0.05, 0.1) is 19.0 Å². The normalized spacial score (nSPS) is 24.1. The lowest BCUT2D eigenvalue weighted by Crippen LogP contribution is -2.36. The third kappa shape index (κ3) is 6.13. The molecule has 4 unspecified atom stereocenters. The van der Waals surface area contributed by atoms with Crippen LogP contribution >= 0.6 is 0 Å². The zero-order valence-corrected chi connectivity index (χ0v) is 20.9. The molecule has 6 atom stereocenters. The number of ether oxygens (including phenoxy) is 1. The molecule has 2 aromatic heterocycles. The Labute approximate surface area is 221 Å². The highest BCUT2D eigenvalue weighted by Gasteiger charge is 2.44. The summed E-state index contributed by atoms with van der Waals surface area (Å²) in [6.45, 7) is 14.5. The van der Waals surface area contributed by atoms with Crippen molar-refractivity contribution < 1.29 is 25.2 Å². The number of allylic oxidation sites excluding steroid dienone is 8. The van der Waals surface area contributed by atoms with Gasteiger partial charge in [-0.15, -0.1) is 0 Å². The second-order valence-electron chi connectivity index (χ2n) is 8.34. The highest BCUT2D eigenvalue weighted by atomic mass is 16.6. The average Bonchev–Trinajstić information content (AvgIpc) is 3.48. The Morgan fingerprint density at radius 1 is 0.974 bits per heavy atom. The molecule has 3 heterocycles. The van der Waals surface area contributed by atoms with Gasteiger partial charge in [0.15, 0.2) is 23.2 Å². The van der Waals surface area contributed by atoms with Gasteiger partial charge in [-0.3, -0.25) is 4.57 Å². The monoisotopic (exact) mass is 519 g/mol. The first kappa shape index (κ1) is 28.6. The van der Waals surface area contributed by atoms with E-state index in [0.29, 0.717) is 28.1 Å². The lowest BCUT2D eigenvalue weighted by molar-refractivity contribution is -0.0511. The maximum absolute atomic E-state index is 11.5. The summed E-state index contributed by atoms with van der Waals surface area (Å²) in [6.07, 6.45) is 13.9. The summed E-state index contributed by atoms with van der Waals surface area (Å²) < 4.78 is 7.10. The highest BCUT2D eigenvalue weighted by Crippen LogP contribution is 2.32. The van der Waals surface area contributed by atoms with Crippen LogP contribution in [0.25, 0.3) is 11.2 Å². The van der Waals surface area contributed by atoms with Crippen molar-refractivity contribution in [1.82, 2.24) is 19.5 Å². The van der Waals surface area contributed by atoms with E-state index in [-0.39, 0.29) is 0 Å². The van der Waals surface area contributed by atoms with Crippen LogP contribution in [0, 0.1) is 0 Å². The van der Waals surface area contributed by atoms with Crippen LogP contribution in [0.3, 0.4) is 0 Å². The van der Waals surface area contributed by atoms with Crippen molar-refractivity contribution in [3.05, 3.63) is 111 Å². The molecule has 1 fully saturated rings. The summed E-state index contributed by atoms with van der Waals surface area (Å²) in [6, 6.07) is -0.734. The number of anilines is 1. The van der Waals surface area contributed by atoms with Gasteiger partial charge in [-0.05, 0) is 11.1 Å². The van der Waals surface area contributed by atoms with E-state index < -0.39 is 43.3 Å². The molecule has 1 saturated heterocycles. The van der Waals surface area contributed by atoms with Crippen molar-refractivity contribution in [2.75, 3.05) is 11.9 Å². The summed E-state index contributed by atoms with van der Waals surface area (Å²) in [5, 5.41) is 44.9. The van der Waals surface area contributed by atoms with Crippen LogP contribution in [-0.2, 0) is 4.74 Å². The van der Waals surface area contributed by atoms with E-state index in [0.717, 1.165) is 0 Å². The molecule has 2 aromatic rings. The van der Waals surface area contributed by atoms with Gasteiger partial charge in [0.1, 0.15) is 30.7 Å². The molecule has 10 heteroatoms. The van der Waals surface area contributed by atoms with E-state index in [2.05, 4.69) is 46.6 Å². The molecule has 1 aliphatic rings. The Kier molecular flexibility index (Phi) is 10.2. The fraction of sp³-hybridized carbons (Fsp3) is 0.250. The summed E-state index contributed by atoms with van der Waals surface area (Å²) >= 11 is 0. The maximum Gasteiger partial charge on any atom is 0.167 e. The molecule has 3 rings (SSSR count). The van der Waals surface area contributed by atoms with Crippen LogP contribution in [0.15, 0.2) is 111 Å². The standard InChI is InChI=1S/C28H33N5O5/c1-5-9-13-18(11-7-3)21(23(35)19(12-8-4)14-10-6-2)32-26-22-27(30-16-29-26)33(17-31-22)28-25(37)24(36)20(15-34)38-28/h5-14,16-17,20-21,23-25,28,34-37H,1-4,15H2,(H,29,30,32)/b13-9-,14-10-,18-11+,19-12+/t20?,21-,23+,24?,25?,28?/m1/s1. The minimum atomic E-state index is -1.31. The third-order valence-electron chi connectivity index (χ3n) is 5.93. The molecular weight excluding hydrogens is 486 g/mol. The first-order chi connectivity index (χ1) is 18.4. The Morgan fingerprint density at radius 2 is 1.63 bits per heavy atom. The molecule has 0 spiro atoms. The van der Waals surface area contributed by atoms with Crippen LogP contribution in [0.1, 0.15) is 6.23 Å². The lowest BCUT2D eigenvalue weighted by Gasteiger charge is -2.27. The number of aromatic nitrogens is 4. The third-order valence-corrected chi connectivity index (χ3v) is 5.93. The van der Waals surface area contributed by atoms with Gasteiger partial charge in [-0.25, -0.2) is 15.0 Å². The Bertz CT molecular complexity index is 1280. The first-order valence-electron chi connectivity index (χ1n) is 11.9. The maximum atomic E-state index is 11.5. The highest BCUT2D eigenvalue weighted by molar-refractivity contribution is 5.83. The molecule has 1 aliphatic heterocycles. The molecule has 0 bridgehead atoms. The smallest absolute Gasteiger partial charge is 0.167 e. The van der Waals surface area contributed by atoms with Gasteiger partial charge < -0.3 is 30.5 Å². The number of fused-ring (bicyclic) bond motifs is 1. The van der Waals surface area contributed by atoms with Crippen LogP contribution in [0.2, 0.25) is 0 Å². The van der Waals surface area contributed by atoms with Gasteiger partial charge in [0.2, 0.25) is 0 Å². The lowest BCUT2D eigenvalue weighted by atomic mass is 9.93. The fourth-order valence-electron chi connectivity index (χ4n) is 4.08. The summed E-state index contributed by atoms with van der Waals surface area (Å²) in [7, 11) is 0. The van der Waals surface area contributed by atoms with E-state index in [1.54, 1.807) is 60.8 Å². The van der Waals surface area contributed by atoms with Crippen molar-refractivity contribution in [2.24, 2.45) is 0 Å². The topological polar surface area (TPSA) is 146 Å². The van der Waals surface area contributed by atoms with Gasteiger partial charge in [0, 0.05) is 0 Å². The first-order valence-corrected chi connectivity index (χ1v) is 11.9. The van der Waals surface area contributed by atoms with Crippen molar-refractivity contribution in [2.45, 2.75) is 36.7 Å². The molecule has 38 heavy (non-hydrogen) atoms. The molecule has 0 amide bonds. The number of aliphatic hydroxyl groups excluding tert-OH is 4. The number of aliphatic hydroxyl groups is 4. The van der Waals surface area contributed by atoms with E-state index in [9.17, 15) is 20.4 Å². The van der Waals surface area contributed by atoms with Crippen LogP contribution in [0.4, 0.5) is 5.82 Å². The predicted octanol–water partition coefficient (Wildman–Crippen LogP) is 2.29. The molecule has 0 aromatic carbocycles. The molecule has 0 saturated carbocycles. The fourth-order valence-corrected chi connectivity index (χ4v) is 4.08. The van der Waals surface area contributed by atoms with Crippen molar-refractivity contribution in [3.8, 4) is 0 Å². The summed E-state index contributed by atoms with van der Waals surface area (Å²) in [4.78, 5) is 13.1. The minimum Gasteiger partial charge on any atom is -0.394 e. The number of hydrogen-bond acceptors (Lipinski definition) is 9. The van der Waals surface area contributed by atoms with E-state index in [4.69, 9.17) is 4.74 Å². The molecule has 5 N–H and O–H groups in total.